The van der Waals surface area contributed by atoms with Crippen molar-refractivity contribution < 1.29 is 4.74 Å². The first-order chi connectivity index (χ1) is 16.5. The van der Waals surface area contributed by atoms with Gasteiger partial charge in [0.2, 0.25) is 5.95 Å². The van der Waals surface area contributed by atoms with Crippen LogP contribution in [0.3, 0.4) is 0 Å². The predicted octanol–water partition coefficient (Wildman–Crippen LogP) is 3.41. The number of aryl methyl sites for hydroxylation is 1. The fourth-order valence-corrected chi connectivity index (χ4v) is 4.52. The minimum absolute atomic E-state index is 0.187. The lowest BCUT2D eigenvalue weighted by atomic mass is 10.1. The molecule has 4 aromatic rings. The Balaban J connectivity index is 1.63. The molecule has 1 atom stereocenters. The van der Waals surface area contributed by atoms with E-state index in [-0.39, 0.29) is 23.7 Å². The van der Waals surface area contributed by atoms with E-state index in [1.165, 1.54) is 9.13 Å². The van der Waals surface area contributed by atoms with Crippen molar-refractivity contribution in [1.29, 1.82) is 0 Å². The van der Waals surface area contributed by atoms with Crippen molar-refractivity contribution in [2.75, 3.05) is 18.6 Å². The highest BCUT2D eigenvalue weighted by Crippen LogP contribution is 2.34. The van der Waals surface area contributed by atoms with Crippen LogP contribution in [-0.2, 0) is 20.1 Å². The first-order valence-corrected chi connectivity index (χ1v) is 11.3. The SMILES string of the molecule is COc1cccc(N2CC(C)Cn3c2nc2c3c(=O)n(CC=Cc3ccccc3)c(=O)n2C)c1. The van der Waals surface area contributed by atoms with Gasteiger partial charge in [0.25, 0.3) is 5.56 Å². The van der Waals surface area contributed by atoms with E-state index in [0.717, 1.165) is 23.5 Å². The predicted molar refractivity (Wildman–Crippen MR) is 134 cm³/mol. The maximum atomic E-state index is 13.5. The van der Waals surface area contributed by atoms with Crippen LogP contribution in [0.4, 0.5) is 11.6 Å². The van der Waals surface area contributed by atoms with Crippen molar-refractivity contribution in [2.45, 2.75) is 20.0 Å². The van der Waals surface area contributed by atoms with Crippen LogP contribution >= 0.6 is 0 Å². The molecule has 0 fully saturated rings. The Morgan fingerprint density at radius 1 is 1.09 bits per heavy atom. The van der Waals surface area contributed by atoms with Gasteiger partial charge >= 0.3 is 5.69 Å². The lowest BCUT2D eigenvalue weighted by Crippen LogP contribution is -2.40. The van der Waals surface area contributed by atoms with Crippen LogP contribution in [0.15, 0.2) is 70.3 Å². The van der Waals surface area contributed by atoms with Crippen molar-refractivity contribution in [2.24, 2.45) is 13.0 Å². The number of aromatic nitrogens is 4. The molecule has 8 heteroatoms. The van der Waals surface area contributed by atoms with E-state index < -0.39 is 0 Å². The van der Waals surface area contributed by atoms with Crippen molar-refractivity contribution in [3.8, 4) is 5.75 Å². The molecule has 0 saturated heterocycles. The standard InChI is InChI=1S/C26H27N5O3/c1-18-16-30(20-12-7-13-21(15-20)34-3)25-27-23-22(31(25)17-18)24(32)29(26(33)28(23)2)14-8-11-19-9-5-4-6-10-19/h4-13,15,18H,14,16-17H2,1-3H3. The summed E-state index contributed by atoms with van der Waals surface area (Å²) in [5.74, 6) is 1.68. The molecule has 0 amide bonds. The average Bonchev–Trinajstić information content (AvgIpc) is 3.24. The second-order valence-corrected chi connectivity index (χ2v) is 8.68. The van der Waals surface area contributed by atoms with E-state index in [0.29, 0.717) is 23.7 Å². The maximum Gasteiger partial charge on any atom is 0.332 e. The highest BCUT2D eigenvalue weighted by molar-refractivity contribution is 5.77. The van der Waals surface area contributed by atoms with Crippen molar-refractivity contribution in [3.63, 3.8) is 0 Å². The van der Waals surface area contributed by atoms with Gasteiger partial charge in [-0.15, -0.1) is 0 Å². The van der Waals surface area contributed by atoms with Gasteiger partial charge in [-0.3, -0.25) is 13.9 Å². The van der Waals surface area contributed by atoms with Crippen molar-refractivity contribution >= 4 is 28.9 Å². The zero-order chi connectivity index (χ0) is 23.8. The molecule has 1 aliphatic heterocycles. The molecule has 1 aliphatic rings. The van der Waals surface area contributed by atoms with Gasteiger partial charge in [-0.25, -0.2) is 4.79 Å². The highest BCUT2D eigenvalue weighted by atomic mass is 16.5. The number of ether oxygens (including phenoxy) is 1. The first kappa shape index (κ1) is 21.8. The summed E-state index contributed by atoms with van der Waals surface area (Å²) in [6, 6.07) is 17.6. The summed E-state index contributed by atoms with van der Waals surface area (Å²) >= 11 is 0. The van der Waals surface area contributed by atoms with Crippen LogP contribution in [0.1, 0.15) is 12.5 Å². The molecule has 0 radical (unpaired) electrons. The summed E-state index contributed by atoms with van der Waals surface area (Å²) in [7, 11) is 3.30. The molecule has 2 aromatic heterocycles. The molecule has 0 bridgehead atoms. The molecule has 174 valence electrons. The number of imidazole rings is 1. The second kappa shape index (κ2) is 8.70. The van der Waals surface area contributed by atoms with Crippen molar-refractivity contribution in [3.05, 3.63) is 87.1 Å². The van der Waals surface area contributed by atoms with Crippen LogP contribution in [-0.4, -0.2) is 32.3 Å². The molecule has 0 saturated carbocycles. The molecule has 8 nitrogen and oxygen atoms in total. The molecular formula is C26H27N5O3. The molecular weight excluding hydrogens is 430 g/mol. The zero-order valence-corrected chi connectivity index (χ0v) is 19.5. The lowest BCUT2D eigenvalue weighted by Gasteiger charge is -2.33. The molecule has 34 heavy (non-hydrogen) atoms. The van der Waals surface area contributed by atoms with Crippen LogP contribution in [0, 0.1) is 5.92 Å². The van der Waals surface area contributed by atoms with Gasteiger partial charge in [-0.05, 0) is 23.6 Å². The van der Waals surface area contributed by atoms with Gasteiger partial charge in [0.1, 0.15) is 5.75 Å². The fraction of sp³-hybridized carbons (Fsp3) is 0.269. The summed E-state index contributed by atoms with van der Waals surface area (Å²) < 4.78 is 10.1. The number of anilines is 2. The largest absolute Gasteiger partial charge is 0.497 e. The number of allylic oxidation sites excluding steroid dienone is 1. The van der Waals surface area contributed by atoms with Gasteiger partial charge in [0, 0.05) is 38.4 Å². The minimum atomic E-state index is -0.383. The third-order valence-corrected chi connectivity index (χ3v) is 6.21. The van der Waals surface area contributed by atoms with E-state index >= 15 is 0 Å². The Kier molecular flexibility index (Phi) is 5.57. The number of hydrogen-bond donors (Lipinski definition) is 0. The Labute approximate surface area is 197 Å². The van der Waals surface area contributed by atoms with Crippen LogP contribution in [0.5, 0.6) is 5.75 Å². The molecule has 0 spiro atoms. The Morgan fingerprint density at radius 3 is 2.65 bits per heavy atom. The molecule has 0 aliphatic carbocycles. The quantitative estimate of drug-likeness (QED) is 0.459. The van der Waals surface area contributed by atoms with Crippen LogP contribution < -0.4 is 20.9 Å². The van der Waals surface area contributed by atoms with Gasteiger partial charge in [0.05, 0.1) is 7.11 Å². The van der Waals surface area contributed by atoms with Crippen molar-refractivity contribution in [1.82, 2.24) is 18.7 Å². The zero-order valence-electron chi connectivity index (χ0n) is 19.5. The average molecular weight is 458 g/mol. The third-order valence-electron chi connectivity index (χ3n) is 6.21. The van der Waals surface area contributed by atoms with E-state index in [9.17, 15) is 9.59 Å². The van der Waals surface area contributed by atoms with Gasteiger partial charge in [-0.2, -0.15) is 4.98 Å². The van der Waals surface area contributed by atoms with Gasteiger partial charge < -0.3 is 14.2 Å². The van der Waals surface area contributed by atoms with Crippen LogP contribution in [0.2, 0.25) is 0 Å². The second-order valence-electron chi connectivity index (χ2n) is 8.68. The lowest BCUT2D eigenvalue weighted by molar-refractivity contribution is 0.414. The minimum Gasteiger partial charge on any atom is -0.497 e. The third kappa shape index (κ3) is 3.71. The Bertz CT molecular complexity index is 1500. The Morgan fingerprint density at radius 2 is 1.88 bits per heavy atom. The Hall–Kier alpha value is -4.07. The first-order valence-electron chi connectivity index (χ1n) is 11.3. The summed E-state index contributed by atoms with van der Waals surface area (Å²) in [5.41, 5.74) is 2.08. The van der Waals surface area contributed by atoms with E-state index in [2.05, 4.69) is 11.8 Å². The molecule has 1 unspecified atom stereocenters. The summed E-state index contributed by atoms with van der Waals surface area (Å²) in [6.07, 6.45) is 3.75. The normalized spacial score (nSPS) is 15.7. The van der Waals surface area contributed by atoms with E-state index in [1.807, 2.05) is 71.3 Å². The number of methoxy groups -OCH3 is 1. The van der Waals surface area contributed by atoms with E-state index in [1.54, 1.807) is 14.2 Å². The summed E-state index contributed by atoms with van der Waals surface area (Å²) in [6.45, 7) is 3.73. The molecule has 0 N–H and O–H groups in total. The molecule has 2 aromatic carbocycles. The van der Waals surface area contributed by atoms with Crippen LogP contribution in [0.25, 0.3) is 17.2 Å². The number of benzene rings is 2. The summed E-state index contributed by atoms with van der Waals surface area (Å²) in [4.78, 5) is 33.5. The fourth-order valence-electron chi connectivity index (χ4n) is 4.52. The number of hydrogen-bond acceptors (Lipinski definition) is 5. The molecule has 3 heterocycles. The smallest absolute Gasteiger partial charge is 0.332 e. The topological polar surface area (TPSA) is 74.3 Å². The monoisotopic (exact) mass is 457 g/mol. The summed E-state index contributed by atoms with van der Waals surface area (Å²) in [5, 5.41) is 0. The van der Waals surface area contributed by atoms with E-state index in [4.69, 9.17) is 9.72 Å². The number of nitrogens with zero attached hydrogens (tertiary/aromatic N) is 5. The van der Waals surface area contributed by atoms with Gasteiger partial charge in [0.15, 0.2) is 11.2 Å². The molecule has 5 rings (SSSR count). The number of rotatable bonds is 5. The maximum absolute atomic E-state index is 13.5. The number of fused-ring (bicyclic) bond motifs is 3. The van der Waals surface area contributed by atoms with Gasteiger partial charge in [-0.1, -0.05) is 55.5 Å². The highest BCUT2D eigenvalue weighted by Gasteiger charge is 2.29.